The maximum atomic E-state index is 6.78. The van der Waals surface area contributed by atoms with Gasteiger partial charge in [0.05, 0.1) is 21.6 Å². The molecule has 0 radical (unpaired) electrons. The van der Waals surface area contributed by atoms with Gasteiger partial charge in [0.25, 0.3) is 0 Å². The van der Waals surface area contributed by atoms with Gasteiger partial charge in [-0.2, -0.15) is 0 Å². The summed E-state index contributed by atoms with van der Waals surface area (Å²) < 4.78 is 2.02. The Hall–Kier alpha value is -3.09. The average molecular weight is 487 g/mol. The molecule has 180 valence electrons. The van der Waals surface area contributed by atoms with Crippen molar-refractivity contribution in [2.75, 3.05) is 23.3 Å². The summed E-state index contributed by atoms with van der Waals surface area (Å²) in [6.07, 6.45) is 3.03. The molecule has 4 aromatic rings. The van der Waals surface area contributed by atoms with E-state index >= 15 is 0 Å². The van der Waals surface area contributed by atoms with E-state index in [2.05, 4.69) is 77.3 Å². The largest absolute Gasteiger partial charge is 0.363 e. The molecule has 0 aliphatic carbocycles. The Morgan fingerprint density at radius 3 is 2.54 bits per heavy atom. The van der Waals surface area contributed by atoms with Crippen LogP contribution in [-0.2, 0) is 0 Å². The first-order valence-corrected chi connectivity index (χ1v) is 12.8. The van der Waals surface area contributed by atoms with Crippen LogP contribution in [0, 0.1) is 0 Å². The SMILES string of the molecule is CC(C)N1CC2CC1CN2c1nn(-c2ccnc(N[C@@H](C)c3ccccc3)c2)c2cccc(Cl)c12. The lowest BCUT2D eigenvalue weighted by molar-refractivity contribution is 0.191. The van der Waals surface area contributed by atoms with Crippen LogP contribution < -0.4 is 10.2 Å². The number of anilines is 2. The van der Waals surface area contributed by atoms with Crippen molar-refractivity contribution in [1.82, 2.24) is 19.7 Å². The summed E-state index contributed by atoms with van der Waals surface area (Å²) >= 11 is 6.78. The number of benzene rings is 2. The van der Waals surface area contributed by atoms with Gasteiger partial charge in [0, 0.05) is 49.5 Å². The highest BCUT2D eigenvalue weighted by molar-refractivity contribution is 6.36. The molecule has 2 aromatic carbocycles. The molecule has 7 heteroatoms. The first-order valence-electron chi connectivity index (χ1n) is 12.5. The van der Waals surface area contributed by atoms with Gasteiger partial charge in [0.1, 0.15) is 5.82 Å². The molecular weight excluding hydrogens is 456 g/mol. The molecule has 1 N–H and O–H groups in total. The molecule has 35 heavy (non-hydrogen) atoms. The number of likely N-dealkylation sites (tertiary alicyclic amines) is 1. The fourth-order valence-corrected chi connectivity index (χ4v) is 6.03. The molecule has 2 fully saturated rings. The van der Waals surface area contributed by atoms with Crippen molar-refractivity contribution in [2.24, 2.45) is 0 Å². The minimum atomic E-state index is 0.141. The van der Waals surface area contributed by atoms with Crippen LogP contribution in [0.5, 0.6) is 0 Å². The maximum absolute atomic E-state index is 6.78. The predicted molar refractivity (Wildman–Crippen MR) is 144 cm³/mol. The van der Waals surface area contributed by atoms with Crippen molar-refractivity contribution >= 4 is 34.1 Å². The van der Waals surface area contributed by atoms with Crippen LogP contribution in [0.25, 0.3) is 16.6 Å². The van der Waals surface area contributed by atoms with E-state index in [4.69, 9.17) is 16.7 Å². The summed E-state index contributed by atoms with van der Waals surface area (Å²) in [5.41, 5.74) is 3.21. The second-order valence-electron chi connectivity index (χ2n) is 10.0. The third kappa shape index (κ3) is 3.95. The molecule has 4 heterocycles. The van der Waals surface area contributed by atoms with Gasteiger partial charge in [-0.3, -0.25) is 4.90 Å². The lowest BCUT2D eigenvalue weighted by Crippen LogP contribution is -2.49. The van der Waals surface area contributed by atoms with E-state index in [1.54, 1.807) is 0 Å². The lowest BCUT2D eigenvalue weighted by atomic mass is 10.1. The number of aromatic nitrogens is 3. The van der Waals surface area contributed by atoms with Gasteiger partial charge < -0.3 is 10.2 Å². The Kier molecular flexibility index (Phi) is 5.66. The third-order valence-corrected chi connectivity index (χ3v) is 7.82. The average Bonchev–Trinajstić information content (AvgIpc) is 3.58. The minimum absolute atomic E-state index is 0.141. The summed E-state index contributed by atoms with van der Waals surface area (Å²) in [6.45, 7) is 8.81. The second kappa shape index (κ2) is 8.85. The normalized spacial score (nSPS) is 20.8. The molecule has 2 unspecified atom stereocenters. The smallest absolute Gasteiger partial charge is 0.160 e. The fraction of sp³-hybridized carbons (Fsp3) is 0.357. The molecule has 2 aliphatic rings. The summed E-state index contributed by atoms with van der Waals surface area (Å²) in [7, 11) is 0. The quantitative estimate of drug-likeness (QED) is 0.366. The van der Waals surface area contributed by atoms with Gasteiger partial charge in [-0.05, 0) is 51.0 Å². The van der Waals surface area contributed by atoms with Crippen LogP contribution in [0.3, 0.4) is 0 Å². The van der Waals surface area contributed by atoms with E-state index in [1.807, 2.05) is 35.1 Å². The standard InChI is InChI=1S/C28H31ClN6/c1-18(2)33-16-23-14-22(33)17-34(23)28-27-24(29)10-7-11-25(27)35(32-28)21-12-13-30-26(15-21)31-19(3)20-8-5-4-6-9-20/h4-13,15,18-19,22-23H,14,16-17H2,1-3H3,(H,30,31)/t19-,22?,23?/m0/s1. The summed E-state index contributed by atoms with van der Waals surface area (Å²) in [6, 6.07) is 22.3. The number of pyridine rings is 1. The van der Waals surface area contributed by atoms with E-state index < -0.39 is 0 Å². The highest BCUT2D eigenvalue weighted by atomic mass is 35.5. The topological polar surface area (TPSA) is 49.2 Å². The van der Waals surface area contributed by atoms with Crippen LogP contribution in [0.2, 0.25) is 5.02 Å². The fourth-order valence-electron chi connectivity index (χ4n) is 5.77. The Bertz CT molecular complexity index is 1350. The number of hydrogen-bond donors (Lipinski definition) is 1. The number of hydrogen-bond acceptors (Lipinski definition) is 5. The summed E-state index contributed by atoms with van der Waals surface area (Å²) in [5, 5.41) is 10.5. The van der Waals surface area contributed by atoms with Gasteiger partial charge in [0.15, 0.2) is 5.82 Å². The van der Waals surface area contributed by atoms with Crippen LogP contribution in [0.1, 0.15) is 38.8 Å². The first kappa shape index (κ1) is 22.4. The van der Waals surface area contributed by atoms with Gasteiger partial charge >= 0.3 is 0 Å². The van der Waals surface area contributed by atoms with Gasteiger partial charge in [-0.15, -0.1) is 5.10 Å². The van der Waals surface area contributed by atoms with Crippen molar-refractivity contribution < 1.29 is 0 Å². The second-order valence-corrected chi connectivity index (χ2v) is 10.4. The predicted octanol–water partition coefficient (Wildman–Crippen LogP) is 5.92. The molecule has 2 aromatic heterocycles. The highest BCUT2D eigenvalue weighted by Gasteiger charge is 2.45. The molecule has 3 atom stereocenters. The molecular formula is C28H31ClN6. The number of piperazine rings is 1. The molecule has 0 amide bonds. The van der Waals surface area contributed by atoms with Crippen molar-refractivity contribution in [3.05, 3.63) is 77.4 Å². The zero-order chi connectivity index (χ0) is 24.1. The van der Waals surface area contributed by atoms with Crippen molar-refractivity contribution in [2.45, 2.75) is 51.4 Å². The number of rotatable bonds is 6. The molecule has 0 spiro atoms. The van der Waals surface area contributed by atoms with Crippen LogP contribution in [0.15, 0.2) is 66.9 Å². The molecule has 2 bridgehead atoms. The first-order chi connectivity index (χ1) is 17.0. The molecule has 6 nitrogen and oxygen atoms in total. The highest BCUT2D eigenvalue weighted by Crippen LogP contribution is 2.41. The van der Waals surface area contributed by atoms with E-state index in [-0.39, 0.29) is 6.04 Å². The van der Waals surface area contributed by atoms with Crippen LogP contribution >= 0.6 is 11.6 Å². The Morgan fingerprint density at radius 2 is 1.80 bits per heavy atom. The molecule has 6 rings (SSSR count). The third-order valence-electron chi connectivity index (χ3n) is 7.51. The van der Waals surface area contributed by atoms with Gasteiger partial charge in [0.2, 0.25) is 0 Å². The molecule has 2 saturated heterocycles. The zero-order valence-corrected chi connectivity index (χ0v) is 21.2. The minimum Gasteiger partial charge on any atom is -0.363 e. The van der Waals surface area contributed by atoms with E-state index in [1.165, 1.54) is 12.0 Å². The molecule has 2 aliphatic heterocycles. The summed E-state index contributed by atoms with van der Waals surface area (Å²) in [4.78, 5) is 9.67. The van der Waals surface area contributed by atoms with Crippen molar-refractivity contribution in [3.63, 3.8) is 0 Å². The van der Waals surface area contributed by atoms with E-state index in [0.717, 1.165) is 46.3 Å². The van der Waals surface area contributed by atoms with Crippen LogP contribution in [0.4, 0.5) is 11.6 Å². The zero-order valence-electron chi connectivity index (χ0n) is 20.4. The van der Waals surface area contributed by atoms with Gasteiger partial charge in [-0.1, -0.05) is 48.0 Å². The van der Waals surface area contributed by atoms with Gasteiger partial charge in [-0.25, -0.2) is 9.67 Å². The number of fused-ring (bicyclic) bond motifs is 3. The molecule has 0 saturated carbocycles. The van der Waals surface area contributed by atoms with Crippen molar-refractivity contribution in [1.29, 1.82) is 0 Å². The Labute approximate surface area is 211 Å². The maximum Gasteiger partial charge on any atom is 0.160 e. The lowest BCUT2D eigenvalue weighted by Gasteiger charge is -2.36. The number of nitrogens with zero attached hydrogens (tertiary/aromatic N) is 5. The van der Waals surface area contributed by atoms with Crippen molar-refractivity contribution in [3.8, 4) is 5.69 Å². The van der Waals surface area contributed by atoms with Crippen LogP contribution in [-0.4, -0.2) is 50.9 Å². The summed E-state index contributed by atoms with van der Waals surface area (Å²) in [5.74, 6) is 1.81. The van der Waals surface area contributed by atoms with E-state index in [9.17, 15) is 0 Å². The number of halogens is 1. The van der Waals surface area contributed by atoms with E-state index in [0.29, 0.717) is 18.1 Å². The number of nitrogens with one attached hydrogen (secondary N) is 1. The Balaban J connectivity index is 1.35. The monoisotopic (exact) mass is 486 g/mol. The Morgan fingerprint density at radius 1 is 0.971 bits per heavy atom.